The first kappa shape index (κ1) is 22.3. The summed E-state index contributed by atoms with van der Waals surface area (Å²) in [7, 11) is -2.31. The predicted molar refractivity (Wildman–Crippen MR) is 118 cm³/mol. The molecule has 4 rings (SSSR count). The molecule has 1 unspecified atom stereocenters. The molecule has 2 aliphatic heterocycles. The van der Waals surface area contributed by atoms with Crippen molar-refractivity contribution in [1.82, 2.24) is 14.1 Å². The van der Waals surface area contributed by atoms with Crippen molar-refractivity contribution >= 4 is 22.0 Å². The summed E-state index contributed by atoms with van der Waals surface area (Å²) in [6.45, 7) is 1.03. The maximum Gasteiger partial charge on any atom is 0.410 e. The predicted octanol–water partition coefficient (Wildman–Crippen LogP) is 2.49. The Bertz CT molecular complexity index is 1050. The van der Waals surface area contributed by atoms with Gasteiger partial charge in [0.25, 0.3) is 0 Å². The van der Waals surface area contributed by atoms with Crippen molar-refractivity contribution in [3.63, 3.8) is 0 Å². The van der Waals surface area contributed by atoms with Crippen LogP contribution < -0.4 is 0 Å². The van der Waals surface area contributed by atoms with Crippen LogP contribution in [0.3, 0.4) is 0 Å². The normalized spacial score (nSPS) is 19.9. The first-order valence-corrected chi connectivity index (χ1v) is 12.1. The number of sulfonamides is 1. The van der Waals surface area contributed by atoms with Gasteiger partial charge in [0.15, 0.2) is 0 Å². The summed E-state index contributed by atoms with van der Waals surface area (Å²) in [5.41, 5.74) is 1.03. The number of benzene rings is 2. The Balaban J connectivity index is 1.36. The monoisotopic (exact) mass is 457 g/mol. The van der Waals surface area contributed by atoms with Crippen molar-refractivity contribution in [2.45, 2.75) is 29.8 Å². The number of amides is 2. The molecule has 2 amide bonds. The third-order valence-electron chi connectivity index (χ3n) is 6.12. The summed E-state index contributed by atoms with van der Waals surface area (Å²) in [5, 5.41) is 0. The number of ether oxygens (including phenoxy) is 1. The minimum Gasteiger partial charge on any atom is -0.447 e. The fraction of sp³-hybridized carbons (Fsp3) is 0.391. The fourth-order valence-corrected chi connectivity index (χ4v) is 5.45. The van der Waals surface area contributed by atoms with Gasteiger partial charge in [0.1, 0.15) is 6.61 Å². The van der Waals surface area contributed by atoms with E-state index in [1.165, 1.54) is 19.2 Å². The maximum atomic E-state index is 12.8. The van der Waals surface area contributed by atoms with Crippen LogP contribution in [0.1, 0.15) is 24.4 Å². The molecule has 0 radical (unpaired) electrons. The van der Waals surface area contributed by atoms with Crippen LogP contribution in [-0.2, 0) is 19.6 Å². The van der Waals surface area contributed by atoms with Crippen molar-refractivity contribution in [2.24, 2.45) is 0 Å². The molecule has 170 valence electrons. The zero-order valence-electron chi connectivity index (χ0n) is 18.0. The number of carbonyl (C=O) groups is 2. The molecule has 0 N–H and O–H groups in total. The van der Waals surface area contributed by atoms with Crippen molar-refractivity contribution in [3.8, 4) is 0 Å². The summed E-state index contributed by atoms with van der Waals surface area (Å²) in [5.74, 6) is -0.242. The lowest BCUT2D eigenvalue weighted by molar-refractivity contribution is -0.132. The quantitative estimate of drug-likeness (QED) is 0.665. The first-order valence-electron chi connectivity index (χ1n) is 10.7. The molecule has 1 atom stereocenters. The van der Waals surface area contributed by atoms with Gasteiger partial charge in [0.05, 0.1) is 17.5 Å². The van der Waals surface area contributed by atoms with Gasteiger partial charge < -0.3 is 9.64 Å². The van der Waals surface area contributed by atoms with E-state index in [4.69, 9.17) is 4.74 Å². The SMILES string of the molecule is CN(CC(=O)N1CCC(N2C(=O)OCC2c2ccccc2)CC1)S(=O)(=O)c1ccccc1. The molecule has 0 spiro atoms. The Labute approximate surface area is 188 Å². The minimum absolute atomic E-state index is 0.0231. The molecule has 2 saturated heterocycles. The van der Waals surface area contributed by atoms with Gasteiger partial charge in [-0.1, -0.05) is 48.5 Å². The van der Waals surface area contributed by atoms with E-state index >= 15 is 0 Å². The molecule has 0 bridgehead atoms. The van der Waals surface area contributed by atoms with Gasteiger partial charge in [-0.3, -0.25) is 9.69 Å². The van der Waals surface area contributed by atoms with E-state index in [9.17, 15) is 18.0 Å². The molecule has 2 heterocycles. The highest BCUT2D eigenvalue weighted by Gasteiger charge is 2.40. The Hall–Kier alpha value is -2.91. The van der Waals surface area contributed by atoms with Gasteiger partial charge in [-0.15, -0.1) is 0 Å². The molecule has 8 nitrogen and oxygen atoms in total. The smallest absolute Gasteiger partial charge is 0.410 e. The number of cyclic esters (lactones) is 1. The molecular weight excluding hydrogens is 430 g/mol. The standard InChI is InChI=1S/C23H27N3O5S/c1-24(32(29,30)20-10-6-3-7-11-20)16-22(27)25-14-12-19(13-15-25)26-21(17-31-23(26)28)18-8-4-2-5-9-18/h2-11,19,21H,12-17H2,1H3. The van der Waals surface area contributed by atoms with Gasteiger partial charge in [-0.05, 0) is 30.5 Å². The van der Waals surface area contributed by atoms with E-state index in [1.54, 1.807) is 28.0 Å². The average molecular weight is 458 g/mol. The number of nitrogens with zero attached hydrogens (tertiary/aromatic N) is 3. The van der Waals surface area contributed by atoms with Crippen LogP contribution in [0.4, 0.5) is 4.79 Å². The molecule has 2 aromatic carbocycles. The second kappa shape index (κ2) is 9.30. The van der Waals surface area contributed by atoms with E-state index < -0.39 is 10.0 Å². The van der Waals surface area contributed by atoms with Gasteiger partial charge in [0.2, 0.25) is 15.9 Å². The molecule has 32 heavy (non-hydrogen) atoms. The van der Waals surface area contributed by atoms with Crippen molar-refractivity contribution in [2.75, 3.05) is 33.3 Å². The van der Waals surface area contributed by atoms with Crippen LogP contribution in [0.5, 0.6) is 0 Å². The largest absolute Gasteiger partial charge is 0.447 e. The molecule has 0 aromatic heterocycles. The molecule has 9 heteroatoms. The second-order valence-electron chi connectivity index (χ2n) is 8.10. The number of likely N-dealkylation sites (N-methyl/N-ethyl adjacent to an activating group) is 1. The van der Waals surface area contributed by atoms with Crippen LogP contribution in [0.25, 0.3) is 0 Å². The molecule has 2 fully saturated rings. The number of likely N-dealkylation sites (tertiary alicyclic amines) is 1. The topological polar surface area (TPSA) is 87.2 Å². The maximum absolute atomic E-state index is 12.8. The average Bonchev–Trinajstić information content (AvgIpc) is 3.21. The first-order chi connectivity index (χ1) is 15.4. The number of hydrogen-bond donors (Lipinski definition) is 0. The number of carbonyl (C=O) groups excluding carboxylic acids is 2. The van der Waals surface area contributed by atoms with Crippen LogP contribution in [0.15, 0.2) is 65.6 Å². The summed E-state index contributed by atoms with van der Waals surface area (Å²) in [6, 6.07) is 17.7. The summed E-state index contributed by atoms with van der Waals surface area (Å²) >= 11 is 0. The lowest BCUT2D eigenvalue weighted by Gasteiger charge is -2.38. The Morgan fingerprint density at radius 1 is 1.03 bits per heavy atom. The third-order valence-corrected chi connectivity index (χ3v) is 7.93. The summed E-state index contributed by atoms with van der Waals surface area (Å²) in [6.07, 6.45) is 0.927. The molecule has 2 aliphatic rings. The number of rotatable bonds is 6. The van der Waals surface area contributed by atoms with Gasteiger partial charge in [0, 0.05) is 26.2 Å². The van der Waals surface area contributed by atoms with E-state index in [2.05, 4.69) is 0 Å². The molecular formula is C23H27N3O5S. The molecule has 0 aliphatic carbocycles. The number of hydrogen-bond acceptors (Lipinski definition) is 5. The minimum atomic E-state index is -3.73. The van der Waals surface area contributed by atoms with Gasteiger partial charge in [-0.25, -0.2) is 13.2 Å². The molecule has 0 saturated carbocycles. The third kappa shape index (κ3) is 4.49. The van der Waals surface area contributed by atoms with E-state index in [0.29, 0.717) is 32.5 Å². The van der Waals surface area contributed by atoms with Crippen LogP contribution in [-0.4, -0.2) is 73.9 Å². The molecule has 2 aromatic rings. The van der Waals surface area contributed by atoms with Crippen LogP contribution in [0.2, 0.25) is 0 Å². The highest BCUT2D eigenvalue weighted by Crippen LogP contribution is 2.33. The lowest BCUT2D eigenvalue weighted by Crippen LogP contribution is -2.50. The summed E-state index contributed by atoms with van der Waals surface area (Å²) < 4.78 is 31.8. The van der Waals surface area contributed by atoms with Crippen LogP contribution in [0, 0.1) is 0 Å². The van der Waals surface area contributed by atoms with Gasteiger partial charge in [-0.2, -0.15) is 4.31 Å². The highest BCUT2D eigenvalue weighted by atomic mass is 32.2. The van der Waals surface area contributed by atoms with Crippen molar-refractivity contribution < 1.29 is 22.7 Å². The number of piperidine rings is 1. The zero-order valence-corrected chi connectivity index (χ0v) is 18.8. The Kier molecular flexibility index (Phi) is 6.48. The Morgan fingerprint density at radius 3 is 2.25 bits per heavy atom. The van der Waals surface area contributed by atoms with Crippen molar-refractivity contribution in [3.05, 3.63) is 66.2 Å². The van der Waals surface area contributed by atoms with Crippen molar-refractivity contribution in [1.29, 1.82) is 0 Å². The lowest BCUT2D eigenvalue weighted by atomic mass is 9.99. The second-order valence-corrected chi connectivity index (χ2v) is 10.1. The summed E-state index contributed by atoms with van der Waals surface area (Å²) in [4.78, 5) is 28.8. The van der Waals surface area contributed by atoms with E-state index in [1.807, 2.05) is 30.3 Å². The fourth-order valence-electron chi connectivity index (χ4n) is 4.31. The Morgan fingerprint density at radius 2 is 1.62 bits per heavy atom. The highest BCUT2D eigenvalue weighted by molar-refractivity contribution is 7.89. The van der Waals surface area contributed by atoms with E-state index in [-0.39, 0.29) is 35.5 Å². The zero-order chi connectivity index (χ0) is 22.7. The van der Waals surface area contributed by atoms with E-state index in [0.717, 1.165) is 9.87 Å². The van der Waals surface area contributed by atoms with Crippen LogP contribution >= 0.6 is 0 Å². The van der Waals surface area contributed by atoms with Gasteiger partial charge >= 0.3 is 6.09 Å².